The largest absolute Gasteiger partial charge is 0.444 e. The maximum atomic E-state index is 13.2. The van der Waals surface area contributed by atoms with Gasteiger partial charge in [0.1, 0.15) is 5.60 Å². The van der Waals surface area contributed by atoms with Crippen LogP contribution in [0.2, 0.25) is 18.1 Å². The molecular formula is C25H40N2O4SSi. The van der Waals surface area contributed by atoms with Gasteiger partial charge in [-0.3, -0.25) is 0 Å². The maximum absolute atomic E-state index is 13.2. The predicted molar refractivity (Wildman–Crippen MR) is 137 cm³/mol. The highest BCUT2D eigenvalue weighted by atomic mass is 32.1. The van der Waals surface area contributed by atoms with Crippen molar-refractivity contribution >= 4 is 36.0 Å². The van der Waals surface area contributed by atoms with Gasteiger partial charge in [0.2, 0.25) is 0 Å². The van der Waals surface area contributed by atoms with E-state index in [2.05, 4.69) is 38.8 Å². The standard InChI is InChI=1S/C25H40N2O4SSi/c1-24(2,3)30-23(29)27-15-18(31-33(7,8)25(4,5)6)13-12-17(27)14-20(28)19-10-9-11-21-22(19)26-16-32-21/h9-11,16-18,20,28H,12-15H2,1-8H3/t17-,18+,20-/m0/s1. The summed E-state index contributed by atoms with van der Waals surface area (Å²) < 4.78 is 13.5. The lowest BCUT2D eigenvalue weighted by Crippen LogP contribution is -2.54. The molecule has 0 saturated carbocycles. The highest BCUT2D eigenvalue weighted by molar-refractivity contribution is 7.16. The number of carbonyl (C=O) groups excluding carboxylic acids is 1. The number of hydrogen-bond donors (Lipinski definition) is 1. The van der Waals surface area contributed by atoms with Crippen molar-refractivity contribution in [2.75, 3.05) is 6.54 Å². The van der Waals surface area contributed by atoms with E-state index in [0.29, 0.717) is 13.0 Å². The fourth-order valence-corrected chi connectivity index (χ4v) is 6.12. The minimum absolute atomic E-state index is 0.0197. The second-order valence-electron chi connectivity index (χ2n) is 11.7. The third-order valence-corrected chi connectivity index (χ3v) is 12.1. The van der Waals surface area contributed by atoms with Crippen LogP contribution < -0.4 is 0 Å². The highest BCUT2D eigenvalue weighted by Crippen LogP contribution is 2.39. The molecule has 8 heteroatoms. The first-order valence-corrected chi connectivity index (χ1v) is 15.6. The van der Waals surface area contributed by atoms with Crippen LogP contribution in [0, 0.1) is 0 Å². The summed E-state index contributed by atoms with van der Waals surface area (Å²) in [6, 6.07) is 5.77. The highest BCUT2D eigenvalue weighted by Gasteiger charge is 2.42. The third kappa shape index (κ3) is 6.35. The number of rotatable bonds is 5. The van der Waals surface area contributed by atoms with E-state index in [4.69, 9.17) is 9.16 Å². The molecule has 1 fully saturated rings. The molecule has 0 spiro atoms. The van der Waals surface area contributed by atoms with E-state index >= 15 is 0 Å². The van der Waals surface area contributed by atoms with E-state index in [0.717, 1.165) is 28.6 Å². The van der Waals surface area contributed by atoms with E-state index in [1.54, 1.807) is 21.7 Å². The lowest BCUT2D eigenvalue weighted by atomic mass is 9.93. The number of fused-ring (bicyclic) bond motifs is 1. The number of aliphatic hydroxyl groups is 1. The first-order chi connectivity index (χ1) is 15.2. The van der Waals surface area contributed by atoms with Crippen LogP contribution >= 0.6 is 11.3 Å². The number of amides is 1. The molecule has 33 heavy (non-hydrogen) atoms. The van der Waals surface area contributed by atoms with Gasteiger partial charge in [0.15, 0.2) is 8.32 Å². The second-order valence-corrected chi connectivity index (χ2v) is 17.3. The Balaban J connectivity index is 1.79. The molecule has 0 radical (unpaired) electrons. The van der Waals surface area contributed by atoms with Crippen molar-refractivity contribution in [3.8, 4) is 0 Å². The molecule has 0 aliphatic carbocycles. The average molecular weight is 493 g/mol. The number of piperidine rings is 1. The molecule has 1 aromatic carbocycles. The van der Waals surface area contributed by atoms with Crippen LogP contribution in [0.15, 0.2) is 23.7 Å². The normalized spacial score (nSPS) is 21.3. The Morgan fingerprint density at radius 3 is 2.58 bits per heavy atom. The Hall–Kier alpha value is -1.48. The SMILES string of the molecule is CC(C)(C)OC(=O)N1C[C@H](O[Si](C)(C)C(C)(C)C)CC[C@H]1C[C@H](O)c1cccc2scnc12. The number of hydrogen-bond acceptors (Lipinski definition) is 6. The lowest BCUT2D eigenvalue weighted by molar-refractivity contribution is -0.0189. The molecular weight excluding hydrogens is 452 g/mol. The van der Waals surface area contributed by atoms with Gasteiger partial charge < -0.3 is 19.2 Å². The van der Waals surface area contributed by atoms with Crippen molar-refractivity contribution in [2.45, 2.75) is 103 Å². The number of likely N-dealkylation sites (tertiary alicyclic amines) is 1. The van der Waals surface area contributed by atoms with Crippen LogP contribution in [0.1, 0.15) is 72.5 Å². The summed E-state index contributed by atoms with van der Waals surface area (Å²) in [5, 5.41) is 11.2. The summed E-state index contributed by atoms with van der Waals surface area (Å²) in [4.78, 5) is 19.4. The van der Waals surface area contributed by atoms with Crippen molar-refractivity contribution in [3.05, 3.63) is 29.3 Å². The van der Waals surface area contributed by atoms with Crippen LogP contribution in [-0.2, 0) is 9.16 Å². The number of benzene rings is 1. The van der Waals surface area contributed by atoms with Gasteiger partial charge in [-0.05, 0) is 64.2 Å². The van der Waals surface area contributed by atoms with Gasteiger partial charge in [-0.15, -0.1) is 11.3 Å². The zero-order valence-electron chi connectivity index (χ0n) is 21.3. The Morgan fingerprint density at radius 2 is 1.94 bits per heavy atom. The minimum Gasteiger partial charge on any atom is -0.444 e. The Labute approximate surface area is 203 Å². The summed E-state index contributed by atoms with van der Waals surface area (Å²) in [7, 11) is -1.97. The van der Waals surface area contributed by atoms with Crippen LogP contribution in [0.25, 0.3) is 10.2 Å². The van der Waals surface area contributed by atoms with Crippen molar-refractivity contribution in [1.82, 2.24) is 9.88 Å². The summed E-state index contributed by atoms with van der Waals surface area (Å²) in [5.41, 5.74) is 2.88. The molecule has 1 saturated heterocycles. The summed E-state index contributed by atoms with van der Waals surface area (Å²) >= 11 is 1.56. The number of aromatic nitrogens is 1. The van der Waals surface area contributed by atoms with Gasteiger partial charge in [-0.1, -0.05) is 32.9 Å². The van der Waals surface area contributed by atoms with Crippen LogP contribution in [0.3, 0.4) is 0 Å². The number of thiazole rings is 1. The molecule has 0 unspecified atom stereocenters. The van der Waals surface area contributed by atoms with Crippen molar-refractivity contribution in [3.63, 3.8) is 0 Å². The van der Waals surface area contributed by atoms with E-state index in [9.17, 15) is 9.90 Å². The number of carbonyl (C=O) groups is 1. The summed E-state index contributed by atoms with van der Waals surface area (Å²) in [6.45, 7) is 17.3. The van der Waals surface area contributed by atoms with Crippen molar-refractivity contribution in [1.29, 1.82) is 0 Å². The van der Waals surface area contributed by atoms with Crippen molar-refractivity contribution in [2.24, 2.45) is 0 Å². The number of para-hydroxylation sites is 1. The van der Waals surface area contributed by atoms with Crippen LogP contribution in [0.5, 0.6) is 0 Å². The first kappa shape index (κ1) is 26.1. The van der Waals surface area contributed by atoms with E-state index in [1.807, 2.05) is 39.0 Å². The van der Waals surface area contributed by atoms with Crippen LogP contribution in [-0.4, -0.2) is 53.7 Å². The third-order valence-electron chi connectivity index (χ3n) is 6.80. The van der Waals surface area contributed by atoms with Gasteiger partial charge in [0, 0.05) is 18.2 Å². The number of nitrogens with zero attached hydrogens (tertiary/aromatic N) is 2. The zero-order valence-corrected chi connectivity index (χ0v) is 23.2. The van der Waals surface area contributed by atoms with Gasteiger partial charge >= 0.3 is 6.09 Å². The fraction of sp³-hybridized carbons (Fsp3) is 0.680. The van der Waals surface area contributed by atoms with Crippen molar-refractivity contribution < 1.29 is 19.1 Å². The number of aliphatic hydroxyl groups excluding tert-OH is 1. The van der Waals surface area contributed by atoms with Gasteiger partial charge in [0.25, 0.3) is 0 Å². The molecule has 2 heterocycles. The Bertz CT molecular complexity index is 963. The molecule has 1 amide bonds. The molecule has 3 rings (SSSR count). The molecule has 184 valence electrons. The Morgan fingerprint density at radius 1 is 1.24 bits per heavy atom. The molecule has 1 aliphatic heterocycles. The van der Waals surface area contributed by atoms with Crippen LogP contribution in [0.4, 0.5) is 4.79 Å². The molecule has 6 nitrogen and oxygen atoms in total. The molecule has 3 atom stereocenters. The maximum Gasteiger partial charge on any atom is 0.410 e. The smallest absolute Gasteiger partial charge is 0.410 e. The van der Waals surface area contributed by atoms with Gasteiger partial charge in [-0.2, -0.15) is 0 Å². The Kier molecular flexibility index (Phi) is 7.63. The average Bonchev–Trinajstić information content (AvgIpc) is 3.15. The second kappa shape index (κ2) is 9.64. The molecule has 1 N–H and O–H groups in total. The zero-order chi connectivity index (χ0) is 24.6. The van der Waals surface area contributed by atoms with E-state index < -0.39 is 20.0 Å². The lowest BCUT2D eigenvalue weighted by Gasteiger charge is -2.45. The topological polar surface area (TPSA) is 71.9 Å². The van der Waals surface area contributed by atoms with E-state index in [-0.39, 0.29) is 23.3 Å². The number of ether oxygens (including phenoxy) is 1. The van der Waals surface area contributed by atoms with E-state index in [1.165, 1.54) is 0 Å². The molecule has 1 aliphatic rings. The molecule has 1 aromatic heterocycles. The summed E-state index contributed by atoms with van der Waals surface area (Å²) in [5.74, 6) is 0. The predicted octanol–water partition coefficient (Wildman–Crippen LogP) is 6.51. The molecule has 0 bridgehead atoms. The quantitative estimate of drug-likeness (QED) is 0.482. The molecule has 2 aromatic rings. The summed E-state index contributed by atoms with van der Waals surface area (Å²) in [6.07, 6.45) is 1.02. The van der Waals surface area contributed by atoms with Gasteiger partial charge in [0.05, 0.1) is 27.9 Å². The first-order valence-electron chi connectivity index (χ1n) is 11.9. The fourth-order valence-electron chi connectivity index (χ4n) is 4.03. The minimum atomic E-state index is -1.97. The van der Waals surface area contributed by atoms with Gasteiger partial charge in [-0.25, -0.2) is 9.78 Å². The monoisotopic (exact) mass is 492 g/mol.